The number of ether oxygens (including phenoxy) is 1. The quantitative estimate of drug-likeness (QED) is 0.244. The van der Waals surface area contributed by atoms with Gasteiger partial charge in [0.2, 0.25) is 0 Å². The van der Waals surface area contributed by atoms with E-state index in [0.717, 1.165) is 11.8 Å². The highest BCUT2D eigenvalue weighted by atomic mass is 79.9. The monoisotopic (exact) mass is 401 g/mol. The van der Waals surface area contributed by atoms with Crippen molar-refractivity contribution in [2.24, 2.45) is 5.11 Å². The first-order chi connectivity index (χ1) is 11.5. The van der Waals surface area contributed by atoms with Crippen LogP contribution in [-0.2, 0) is 11.3 Å². The number of nitrogens with zero attached hydrogens (tertiary/aromatic N) is 5. The number of aliphatic hydroxyl groups is 1. The zero-order valence-electron chi connectivity index (χ0n) is 13.3. The number of alkyl halides is 1. The lowest BCUT2D eigenvalue weighted by atomic mass is 10.1. The lowest BCUT2D eigenvalue weighted by Gasteiger charge is -2.17. The van der Waals surface area contributed by atoms with Gasteiger partial charge in [-0.25, -0.2) is 4.79 Å². The van der Waals surface area contributed by atoms with E-state index < -0.39 is 24.1 Å². The van der Waals surface area contributed by atoms with Crippen molar-refractivity contribution in [2.75, 3.05) is 11.9 Å². The van der Waals surface area contributed by atoms with Gasteiger partial charge >= 0.3 is 5.69 Å². The summed E-state index contributed by atoms with van der Waals surface area (Å²) in [7, 11) is 0. The second-order valence-corrected chi connectivity index (χ2v) is 6.47. The van der Waals surface area contributed by atoms with Gasteiger partial charge < -0.3 is 9.84 Å². The van der Waals surface area contributed by atoms with Crippen molar-refractivity contribution >= 4 is 15.9 Å². The van der Waals surface area contributed by atoms with Crippen LogP contribution in [0.2, 0.25) is 0 Å². The van der Waals surface area contributed by atoms with Crippen molar-refractivity contribution in [3.05, 3.63) is 43.0 Å². The summed E-state index contributed by atoms with van der Waals surface area (Å²) < 4.78 is 8.20. The van der Waals surface area contributed by atoms with Crippen molar-refractivity contribution < 1.29 is 9.84 Å². The second kappa shape index (κ2) is 8.48. The van der Waals surface area contributed by atoms with E-state index in [9.17, 15) is 14.7 Å². The zero-order valence-corrected chi connectivity index (χ0v) is 14.9. The SMILES string of the molecule is Cc1cn(C2CC(N=[N+]=[N-])C(CO)O2)c(=O)n(CCCCBr)c1=O. The maximum absolute atomic E-state index is 12.7. The molecular weight excluding hydrogens is 382 g/mol. The Kier molecular flexibility index (Phi) is 6.61. The molecule has 0 aliphatic carbocycles. The molecule has 2 rings (SSSR count). The molecule has 9 nitrogen and oxygen atoms in total. The Morgan fingerprint density at radius 2 is 2.25 bits per heavy atom. The summed E-state index contributed by atoms with van der Waals surface area (Å²) in [6, 6.07) is -0.550. The number of halogens is 1. The van der Waals surface area contributed by atoms with Gasteiger partial charge in [0.15, 0.2) is 0 Å². The minimum atomic E-state index is -0.674. The standard InChI is InChI=1S/C14H20BrN5O4/c1-9-7-20(12-6-10(17-18-16)11(8-21)24-12)14(23)19(13(9)22)5-3-2-4-15/h7,10-12,21H,2-6,8H2,1H3. The van der Waals surface area contributed by atoms with Crippen LogP contribution in [-0.4, -0.2) is 38.3 Å². The fraction of sp³-hybridized carbons (Fsp3) is 0.714. The highest BCUT2D eigenvalue weighted by Crippen LogP contribution is 2.29. The first kappa shape index (κ1) is 18.7. The summed E-state index contributed by atoms with van der Waals surface area (Å²) in [6.07, 6.45) is 1.96. The maximum atomic E-state index is 12.7. The minimum Gasteiger partial charge on any atom is -0.394 e. The molecule has 2 heterocycles. The highest BCUT2D eigenvalue weighted by Gasteiger charge is 2.36. The third-order valence-electron chi connectivity index (χ3n) is 4.03. The van der Waals surface area contributed by atoms with E-state index in [1.165, 1.54) is 15.3 Å². The molecule has 1 aliphatic heterocycles. The molecule has 1 aliphatic rings. The lowest BCUT2D eigenvalue weighted by molar-refractivity contribution is -0.0277. The largest absolute Gasteiger partial charge is 0.394 e. The smallest absolute Gasteiger partial charge is 0.333 e. The summed E-state index contributed by atoms with van der Waals surface area (Å²) in [6.45, 7) is 1.67. The molecule has 3 unspecified atom stereocenters. The summed E-state index contributed by atoms with van der Waals surface area (Å²) >= 11 is 3.32. The first-order valence-corrected chi connectivity index (χ1v) is 8.84. The van der Waals surface area contributed by atoms with Gasteiger partial charge in [-0.1, -0.05) is 21.0 Å². The van der Waals surface area contributed by atoms with Crippen LogP contribution in [0.4, 0.5) is 0 Å². The van der Waals surface area contributed by atoms with Crippen molar-refractivity contribution in [3.8, 4) is 0 Å². The van der Waals surface area contributed by atoms with Gasteiger partial charge in [0, 0.05) is 35.0 Å². The third kappa shape index (κ3) is 3.89. The van der Waals surface area contributed by atoms with E-state index in [2.05, 4.69) is 26.0 Å². The van der Waals surface area contributed by atoms with Crippen molar-refractivity contribution in [3.63, 3.8) is 0 Å². The Bertz CT molecular complexity index is 740. The van der Waals surface area contributed by atoms with Gasteiger partial charge in [-0.15, -0.1) is 0 Å². The van der Waals surface area contributed by atoms with E-state index in [4.69, 9.17) is 10.3 Å². The lowest BCUT2D eigenvalue weighted by Crippen LogP contribution is -2.42. The molecule has 132 valence electrons. The normalized spacial score (nSPS) is 23.2. The molecule has 0 spiro atoms. The molecule has 0 aromatic carbocycles. The summed E-state index contributed by atoms with van der Waals surface area (Å²) in [5, 5.41) is 13.8. The van der Waals surface area contributed by atoms with Crippen LogP contribution < -0.4 is 11.2 Å². The summed E-state index contributed by atoms with van der Waals surface area (Å²) in [5.41, 5.74) is 8.27. The number of unbranched alkanes of at least 4 members (excludes halogenated alkanes) is 1. The van der Waals surface area contributed by atoms with E-state index >= 15 is 0 Å². The van der Waals surface area contributed by atoms with Crippen molar-refractivity contribution in [1.82, 2.24) is 9.13 Å². The van der Waals surface area contributed by atoms with E-state index in [0.29, 0.717) is 18.5 Å². The van der Waals surface area contributed by atoms with Crippen LogP contribution in [0.1, 0.15) is 31.1 Å². The molecular formula is C14H20BrN5O4. The third-order valence-corrected chi connectivity index (χ3v) is 4.59. The van der Waals surface area contributed by atoms with Crippen molar-refractivity contribution in [1.29, 1.82) is 0 Å². The Labute approximate surface area is 146 Å². The Balaban J connectivity index is 2.36. The van der Waals surface area contributed by atoms with Gasteiger partial charge in [0.1, 0.15) is 6.23 Å². The Hall–Kier alpha value is -1.61. The molecule has 10 heteroatoms. The molecule has 1 N–H and O–H groups in total. The predicted octanol–water partition coefficient (Wildman–Crippen LogP) is 1.45. The molecule has 3 atom stereocenters. The van der Waals surface area contributed by atoms with Crippen LogP contribution in [0.3, 0.4) is 0 Å². The Morgan fingerprint density at radius 3 is 2.88 bits per heavy atom. The van der Waals surface area contributed by atoms with Gasteiger partial charge in [-0.2, -0.15) is 0 Å². The zero-order chi connectivity index (χ0) is 17.7. The molecule has 1 aromatic heterocycles. The maximum Gasteiger partial charge on any atom is 0.333 e. The van der Waals surface area contributed by atoms with Crippen LogP contribution >= 0.6 is 15.9 Å². The average molecular weight is 402 g/mol. The fourth-order valence-corrected chi connectivity index (χ4v) is 3.16. The number of rotatable bonds is 7. The molecule has 0 bridgehead atoms. The molecule has 1 saturated heterocycles. The van der Waals surface area contributed by atoms with E-state index in [-0.39, 0.29) is 18.6 Å². The van der Waals surface area contributed by atoms with E-state index in [1.807, 2.05) is 0 Å². The molecule has 1 fully saturated rings. The fourth-order valence-electron chi connectivity index (χ4n) is 2.76. The van der Waals surface area contributed by atoms with Crippen LogP contribution in [0.15, 0.2) is 20.9 Å². The predicted molar refractivity (Wildman–Crippen MR) is 91.3 cm³/mol. The van der Waals surface area contributed by atoms with Crippen LogP contribution in [0, 0.1) is 6.92 Å². The average Bonchev–Trinajstić information content (AvgIpc) is 2.97. The van der Waals surface area contributed by atoms with Gasteiger partial charge in [-0.05, 0) is 25.3 Å². The number of aromatic nitrogens is 2. The molecule has 24 heavy (non-hydrogen) atoms. The summed E-state index contributed by atoms with van der Waals surface area (Å²) in [5.74, 6) is 0. The molecule has 0 amide bonds. The van der Waals surface area contributed by atoms with E-state index in [1.54, 1.807) is 6.92 Å². The first-order valence-electron chi connectivity index (χ1n) is 7.72. The van der Waals surface area contributed by atoms with Crippen molar-refractivity contribution in [2.45, 2.75) is 51.1 Å². The number of aliphatic hydroxyl groups excluding tert-OH is 1. The number of hydrogen-bond donors (Lipinski definition) is 1. The number of hydrogen-bond acceptors (Lipinski definition) is 5. The highest BCUT2D eigenvalue weighted by molar-refractivity contribution is 9.09. The summed E-state index contributed by atoms with van der Waals surface area (Å²) in [4.78, 5) is 27.6. The van der Waals surface area contributed by atoms with Crippen LogP contribution in [0.5, 0.6) is 0 Å². The van der Waals surface area contributed by atoms with Gasteiger partial charge in [0.05, 0.1) is 18.8 Å². The van der Waals surface area contributed by atoms with Gasteiger partial charge in [0.25, 0.3) is 5.56 Å². The molecule has 1 aromatic rings. The molecule has 0 saturated carbocycles. The second-order valence-electron chi connectivity index (χ2n) is 5.67. The number of aryl methyl sites for hydroxylation is 1. The number of azide groups is 1. The molecule has 0 radical (unpaired) electrons. The van der Waals surface area contributed by atoms with Crippen LogP contribution in [0.25, 0.3) is 10.4 Å². The Morgan fingerprint density at radius 1 is 1.50 bits per heavy atom. The van der Waals surface area contributed by atoms with Gasteiger partial charge in [-0.3, -0.25) is 13.9 Å². The topological polar surface area (TPSA) is 122 Å². The minimum absolute atomic E-state index is 0.272.